The summed E-state index contributed by atoms with van der Waals surface area (Å²) in [5, 5.41) is 6.39. The molecule has 0 radical (unpaired) electrons. The van der Waals surface area contributed by atoms with Crippen molar-refractivity contribution in [3.05, 3.63) is 24.4 Å². The van der Waals surface area contributed by atoms with Crippen LogP contribution >= 0.6 is 0 Å². The SMILES string of the molecule is CCCNC(=O)C1C2C=CC(C2)C1Nc1ccnc(N)n1. The number of aromatic nitrogens is 2. The molecule has 2 aliphatic carbocycles. The summed E-state index contributed by atoms with van der Waals surface area (Å²) in [6.07, 6.45) is 7.98. The molecule has 1 fully saturated rings. The van der Waals surface area contributed by atoms with Crippen molar-refractivity contribution in [2.24, 2.45) is 17.8 Å². The molecule has 6 nitrogen and oxygen atoms in total. The Bertz CT molecular complexity index is 559. The molecular weight excluding hydrogens is 266 g/mol. The Balaban J connectivity index is 1.75. The second-order valence-electron chi connectivity index (χ2n) is 5.74. The van der Waals surface area contributed by atoms with Crippen LogP contribution in [0.1, 0.15) is 19.8 Å². The lowest BCUT2D eigenvalue weighted by atomic mass is 9.88. The number of allylic oxidation sites excluding steroid dienone is 1. The number of carbonyl (C=O) groups is 1. The molecule has 0 aromatic carbocycles. The highest BCUT2D eigenvalue weighted by Crippen LogP contribution is 2.44. The van der Waals surface area contributed by atoms with Crippen molar-refractivity contribution in [1.29, 1.82) is 0 Å². The van der Waals surface area contributed by atoms with Crippen molar-refractivity contribution in [2.45, 2.75) is 25.8 Å². The Labute approximate surface area is 124 Å². The van der Waals surface area contributed by atoms with Gasteiger partial charge in [-0.1, -0.05) is 19.1 Å². The highest BCUT2D eigenvalue weighted by Gasteiger charge is 2.48. The minimum atomic E-state index is -0.0391. The summed E-state index contributed by atoms with van der Waals surface area (Å²) in [6, 6.07) is 1.86. The Hall–Kier alpha value is -2.11. The molecule has 0 saturated heterocycles. The van der Waals surface area contributed by atoms with Crippen LogP contribution in [-0.2, 0) is 4.79 Å². The zero-order valence-electron chi connectivity index (χ0n) is 12.1. The summed E-state index contributed by atoms with van der Waals surface area (Å²) in [6.45, 7) is 2.78. The molecule has 4 unspecified atom stereocenters. The van der Waals surface area contributed by atoms with Crippen molar-refractivity contribution in [3.63, 3.8) is 0 Å². The van der Waals surface area contributed by atoms with Gasteiger partial charge in [0.1, 0.15) is 5.82 Å². The number of carbonyl (C=O) groups excluding carboxylic acids is 1. The summed E-state index contributed by atoms with van der Waals surface area (Å²) in [5.74, 6) is 1.72. The molecule has 21 heavy (non-hydrogen) atoms. The molecule has 2 aliphatic rings. The lowest BCUT2D eigenvalue weighted by molar-refractivity contribution is -0.125. The largest absolute Gasteiger partial charge is 0.368 e. The summed E-state index contributed by atoms with van der Waals surface area (Å²) in [5.41, 5.74) is 5.61. The van der Waals surface area contributed by atoms with Gasteiger partial charge in [0.25, 0.3) is 0 Å². The molecule has 1 heterocycles. The summed E-state index contributed by atoms with van der Waals surface area (Å²) in [7, 11) is 0. The molecule has 1 aromatic rings. The number of nitrogen functional groups attached to an aromatic ring is 1. The predicted octanol–water partition coefficient (Wildman–Crippen LogP) is 1.19. The van der Waals surface area contributed by atoms with Gasteiger partial charge in [0.15, 0.2) is 0 Å². The molecule has 0 spiro atoms. The van der Waals surface area contributed by atoms with E-state index in [1.54, 1.807) is 12.3 Å². The number of rotatable bonds is 5. The highest BCUT2D eigenvalue weighted by atomic mass is 16.1. The molecule has 3 rings (SSSR count). The van der Waals surface area contributed by atoms with Gasteiger partial charge >= 0.3 is 0 Å². The van der Waals surface area contributed by atoms with E-state index in [1.807, 2.05) is 0 Å². The van der Waals surface area contributed by atoms with Gasteiger partial charge in [-0.25, -0.2) is 4.98 Å². The summed E-state index contributed by atoms with van der Waals surface area (Å²) >= 11 is 0. The van der Waals surface area contributed by atoms with Gasteiger partial charge in [-0.3, -0.25) is 4.79 Å². The zero-order chi connectivity index (χ0) is 14.8. The Morgan fingerprint density at radius 2 is 2.24 bits per heavy atom. The molecule has 4 atom stereocenters. The van der Waals surface area contributed by atoms with Crippen LogP contribution < -0.4 is 16.4 Å². The molecular formula is C15H21N5O. The van der Waals surface area contributed by atoms with Crippen LogP contribution in [0.4, 0.5) is 11.8 Å². The number of anilines is 2. The van der Waals surface area contributed by atoms with E-state index in [2.05, 4.69) is 39.7 Å². The number of fused-ring (bicyclic) bond motifs is 2. The standard InChI is InChI=1S/C15H21N5O/c1-2-6-17-14(21)12-9-3-4-10(8-9)13(12)19-11-5-7-18-15(16)20-11/h3-5,7,9-10,12-13H,2,6,8H2,1H3,(H,17,21)(H3,16,18,19,20). The van der Waals surface area contributed by atoms with E-state index >= 15 is 0 Å². The van der Waals surface area contributed by atoms with Gasteiger partial charge in [0.05, 0.1) is 5.92 Å². The first kappa shape index (κ1) is 13.9. The highest BCUT2D eigenvalue weighted by molar-refractivity contribution is 5.81. The molecule has 0 aliphatic heterocycles. The van der Waals surface area contributed by atoms with Crippen molar-refractivity contribution >= 4 is 17.7 Å². The fraction of sp³-hybridized carbons (Fsp3) is 0.533. The van der Waals surface area contributed by atoms with E-state index in [4.69, 9.17) is 5.73 Å². The van der Waals surface area contributed by atoms with Crippen LogP contribution in [0.3, 0.4) is 0 Å². The first-order valence-electron chi connectivity index (χ1n) is 7.50. The first-order valence-corrected chi connectivity index (χ1v) is 7.50. The number of nitrogens with two attached hydrogens (primary N) is 1. The number of nitrogens with one attached hydrogen (secondary N) is 2. The van der Waals surface area contributed by atoms with Gasteiger partial charge in [-0.2, -0.15) is 4.98 Å². The maximum Gasteiger partial charge on any atom is 0.225 e. The second-order valence-corrected chi connectivity index (χ2v) is 5.74. The van der Waals surface area contributed by atoms with E-state index in [9.17, 15) is 4.79 Å². The van der Waals surface area contributed by atoms with Crippen molar-refractivity contribution in [3.8, 4) is 0 Å². The summed E-state index contributed by atoms with van der Waals surface area (Å²) < 4.78 is 0. The maximum absolute atomic E-state index is 12.4. The molecule has 2 bridgehead atoms. The monoisotopic (exact) mass is 287 g/mol. The van der Waals surface area contributed by atoms with Crippen molar-refractivity contribution in [2.75, 3.05) is 17.6 Å². The molecule has 6 heteroatoms. The maximum atomic E-state index is 12.4. The Morgan fingerprint density at radius 3 is 3.00 bits per heavy atom. The molecule has 1 aromatic heterocycles. The van der Waals surface area contributed by atoms with Crippen molar-refractivity contribution < 1.29 is 4.79 Å². The number of hydrogen-bond acceptors (Lipinski definition) is 5. The van der Waals surface area contributed by atoms with Crippen LogP contribution in [0.25, 0.3) is 0 Å². The third kappa shape index (κ3) is 2.70. The molecule has 1 saturated carbocycles. The van der Waals surface area contributed by atoms with Gasteiger partial charge in [-0.05, 0) is 30.7 Å². The van der Waals surface area contributed by atoms with E-state index in [-0.39, 0.29) is 23.8 Å². The molecule has 4 N–H and O–H groups in total. The third-order valence-corrected chi connectivity index (χ3v) is 4.30. The van der Waals surface area contributed by atoms with Gasteiger partial charge in [-0.15, -0.1) is 0 Å². The summed E-state index contributed by atoms with van der Waals surface area (Å²) in [4.78, 5) is 20.5. The van der Waals surface area contributed by atoms with Crippen LogP contribution in [-0.4, -0.2) is 28.5 Å². The average molecular weight is 287 g/mol. The van der Waals surface area contributed by atoms with Crippen LogP contribution in [0.5, 0.6) is 0 Å². The number of hydrogen-bond donors (Lipinski definition) is 3. The third-order valence-electron chi connectivity index (χ3n) is 4.30. The second kappa shape index (κ2) is 5.71. The average Bonchev–Trinajstić information content (AvgIpc) is 3.06. The predicted molar refractivity (Wildman–Crippen MR) is 81.4 cm³/mol. The molecule has 1 amide bonds. The number of nitrogens with zero attached hydrogens (tertiary/aromatic N) is 2. The number of amides is 1. The van der Waals surface area contributed by atoms with Crippen LogP contribution in [0, 0.1) is 17.8 Å². The van der Waals surface area contributed by atoms with Crippen LogP contribution in [0.2, 0.25) is 0 Å². The van der Waals surface area contributed by atoms with Gasteiger partial charge in [0, 0.05) is 18.8 Å². The van der Waals surface area contributed by atoms with E-state index in [0.717, 1.165) is 19.4 Å². The minimum absolute atomic E-state index is 0.0391. The smallest absolute Gasteiger partial charge is 0.225 e. The van der Waals surface area contributed by atoms with Gasteiger partial charge < -0.3 is 16.4 Å². The Morgan fingerprint density at radius 1 is 1.43 bits per heavy atom. The zero-order valence-corrected chi connectivity index (χ0v) is 12.1. The van der Waals surface area contributed by atoms with E-state index in [0.29, 0.717) is 17.7 Å². The topological polar surface area (TPSA) is 92.9 Å². The van der Waals surface area contributed by atoms with E-state index in [1.165, 1.54) is 0 Å². The quantitative estimate of drug-likeness (QED) is 0.707. The van der Waals surface area contributed by atoms with E-state index < -0.39 is 0 Å². The van der Waals surface area contributed by atoms with Crippen LogP contribution in [0.15, 0.2) is 24.4 Å². The fourth-order valence-corrected chi connectivity index (χ4v) is 3.37. The lowest BCUT2D eigenvalue weighted by Crippen LogP contribution is -2.43. The fourth-order valence-electron chi connectivity index (χ4n) is 3.37. The lowest BCUT2D eigenvalue weighted by Gasteiger charge is -2.28. The Kier molecular flexibility index (Phi) is 3.77. The molecule has 112 valence electrons. The van der Waals surface area contributed by atoms with Crippen molar-refractivity contribution in [1.82, 2.24) is 15.3 Å². The first-order chi connectivity index (χ1) is 10.2. The van der Waals surface area contributed by atoms with Gasteiger partial charge in [0.2, 0.25) is 11.9 Å². The normalized spacial score (nSPS) is 29.6. The minimum Gasteiger partial charge on any atom is -0.368 e.